The van der Waals surface area contributed by atoms with Gasteiger partial charge in [0.15, 0.2) is 0 Å². The number of anilines is 1. The predicted molar refractivity (Wildman–Crippen MR) is 76.2 cm³/mol. The molecule has 1 fully saturated rings. The summed E-state index contributed by atoms with van der Waals surface area (Å²) in [7, 11) is 0. The molecule has 0 bridgehead atoms. The summed E-state index contributed by atoms with van der Waals surface area (Å²) in [5, 5.41) is 11.8. The molecule has 0 saturated carbocycles. The first kappa shape index (κ1) is 11.1. The number of aromatic nitrogens is 2. The third-order valence-corrected chi connectivity index (χ3v) is 4.23. The van der Waals surface area contributed by atoms with Gasteiger partial charge in [-0.25, -0.2) is 4.68 Å². The van der Waals surface area contributed by atoms with Crippen molar-refractivity contribution in [3.63, 3.8) is 0 Å². The van der Waals surface area contributed by atoms with Gasteiger partial charge in [0.05, 0.1) is 11.7 Å². The molecule has 98 valence electrons. The highest BCUT2D eigenvalue weighted by atomic mass is 15.4. The average molecular weight is 254 g/mol. The fourth-order valence-corrected chi connectivity index (χ4v) is 3.20. The molecular weight excluding hydrogens is 236 g/mol. The summed E-state index contributed by atoms with van der Waals surface area (Å²) in [6.07, 6.45) is 1.18. The van der Waals surface area contributed by atoms with Crippen LogP contribution in [0, 0.1) is 5.92 Å². The molecule has 1 aromatic carbocycles. The van der Waals surface area contributed by atoms with Crippen molar-refractivity contribution in [1.29, 1.82) is 0 Å². The number of nitrogens with one attached hydrogen (secondary N) is 2. The highest BCUT2D eigenvalue weighted by molar-refractivity contribution is 5.63. The molecule has 3 heterocycles. The Kier molecular flexibility index (Phi) is 2.55. The Morgan fingerprint density at radius 3 is 2.95 bits per heavy atom. The van der Waals surface area contributed by atoms with Crippen LogP contribution in [-0.4, -0.2) is 29.4 Å². The third kappa shape index (κ3) is 1.83. The Hall–Kier alpha value is -1.81. The van der Waals surface area contributed by atoms with Crippen molar-refractivity contribution in [2.24, 2.45) is 5.92 Å². The smallest absolute Gasteiger partial charge is 0.125 e. The van der Waals surface area contributed by atoms with E-state index in [1.165, 1.54) is 17.8 Å². The van der Waals surface area contributed by atoms with Crippen LogP contribution in [0.1, 0.15) is 12.5 Å². The van der Waals surface area contributed by atoms with Gasteiger partial charge in [-0.1, -0.05) is 30.3 Å². The maximum atomic E-state index is 4.83. The van der Waals surface area contributed by atoms with E-state index in [4.69, 9.17) is 5.10 Å². The Balaban J connectivity index is 1.73. The first-order valence-corrected chi connectivity index (χ1v) is 7.01. The molecule has 0 radical (unpaired) electrons. The summed E-state index contributed by atoms with van der Waals surface area (Å²) in [5.41, 5.74) is 2.26. The second-order valence-corrected chi connectivity index (χ2v) is 5.43. The summed E-state index contributed by atoms with van der Waals surface area (Å²) in [5.74, 6) is 1.83. The van der Waals surface area contributed by atoms with Crippen molar-refractivity contribution < 1.29 is 0 Å². The highest BCUT2D eigenvalue weighted by Crippen LogP contribution is 2.34. The molecule has 4 heteroatoms. The van der Waals surface area contributed by atoms with Crippen LogP contribution in [0.4, 0.5) is 5.82 Å². The fraction of sp³-hybridized carbons (Fsp3) is 0.400. The predicted octanol–water partition coefficient (Wildman–Crippen LogP) is 2.13. The van der Waals surface area contributed by atoms with E-state index in [1.54, 1.807) is 0 Å². The topological polar surface area (TPSA) is 41.9 Å². The molecule has 1 aromatic heterocycles. The van der Waals surface area contributed by atoms with Gasteiger partial charge in [0.1, 0.15) is 5.82 Å². The summed E-state index contributed by atoms with van der Waals surface area (Å²) >= 11 is 0. The molecule has 2 N–H and O–H groups in total. The number of rotatable bonds is 1. The van der Waals surface area contributed by atoms with E-state index in [0.717, 1.165) is 25.3 Å². The molecule has 2 atom stereocenters. The number of hydrogen-bond donors (Lipinski definition) is 2. The minimum absolute atomic E-state index is 0.551. The Morgan fingerprint density at radius 2 is 2.05 bits per heavy atom. The Morgan fingerprint density at radius 1 is 1.16 bits per heavy atom. The van der Waals surface area contributed by atoms with Crippen molar-refractivity contribution >= 4 is 5.82 Å². The van der Waals surface area contributed by atoms with Crippen LogP contribution in [0.5, 0.6) is 0 Å². The lowest BCUT2D eigenvalue weighted by atomic mass is 9.92. The minimum atomic E-state index is 0.551. The van der Waals surface area contributed by atoms with E-state index in [2.05, 4.69) is 45.6 Å². The summed E-state index contributed by atoms with van der Waals surface area (Å²) in [4.78, 5) is 0. The third-order valence-electron chi connectivity index (χ3n) is 4.23. The van der Waals surface area contributed by atoms with E-state index >= 15 is 0 Å². The first-order chi connectivity index (χ1) is 9.42. The zero-order valence-corrected chi connectivity index (χ0v) is 10.8. The molecule has 0 amide bonds. The van der Waals surface area contributed by atoms with Gasteiger partial charge in [0.25, 0.3) is 0 Å². The minimum Gasteiger partial charge on any atom is -0.370 e. The van der Waals surface area contributed by atoms with Crippen molar-refractivity contribution in [3.8, 4) is 11.3 Å². The van der Waals surface area contributed by atoms with Crippen LogP contribution < -0.4 is 10.6 Å². The molecule has 4 rings (SSSR count). The van der Waals surface area contributed by atoms with Gasteiger partial charge >= 0.3 is 0 Å². The molecule has 2 aromatic rings. The van der Waals surface area contributed by atoms with E-state index in [1.807, 2.05) is 6.07 Å². The van der Waals surface area contributed by atoms with Crippen LogP contribution in [0.25, 0.3) is 11.3 Å². The lowest BCUT2D eigenvalue weighted by molar-refractivity contribution is 0.238. The van der Waals surface area contributed by atoms with Gasteiger partial charge in [0, 0.05) is 30.6 Å². The monoisotopic (exact) mass is 254 g/mol. The lowest BCUT2D eigenvalue weighted by Gasteiger charge is -2.37. The zero-order valence-electron chi connectivity index (χ0n) is 10.8. The van der Waals surface area contributed by atoms with Crippen LogP contribution >= 0.6 is 0 Å². The quantitative estimate of drug-likeness (QED) is 0.819. The largest absolute Gasteiger partial charge is 0.370 e. The first-order valence-electron chi connectivity index (χ1n) is 7.01. The van der Waals surface area contributed by atoms with Crippen molar-refractivity contribution in [1.82, 2.24) is 15.1 Å². The van der Waals surface area contributed by atoms with Crippen molar-refractivity contribution in [2.75, 3.05) is 25.0 Å². The lowest BCUT2D eigenvalue weighted by Crippen LogP contribution is -2.44. The van der Waals surface area contributed by atoms with Gasteiger partial charge in [-0.15, -0.1) is 0 Å². The molecule has 2 unspecified atom stereocenters. The van der Waals surface area contributed by atoms with Gasteiger partial charge in [0.2, 0.25) is 0 Å². The normalized spacial score (nSPS) is 25.3. The second-order valence-electron chi connectivity index (χ2n) is 5.43. The van der Waals surface area contributed by atoms with Crippen LogP contribution in [0.2, 0.25) is 0 Å². The number of fused-ring (bicyclic) bond motifs is 3. The molecule has 4 nitrogen and oxygen atoms in total. The Bertz CT molecular complexity index is 575. The number of hydrogen-bond acceptors (Lipinski definition) is 3. The van der Waals surface area contributed by atoms with Crippen LogP contribution in [0.15, 0.2) is 36.4 Å². The van der Waals surface area contributed by atoms with Crippen LogP contribution in [0.3, 0.4) is 0 Å². The molecule has 0 aliphatic carbocycles. The molecule has 2 aliphatic heterocycles. The van der Waals surface area contributed by atoms with E-state index in [0.29, 0.717) is 12.0 Å². The SMILES string of the molecule is c1ccc(-c2cc3n(n2)C2CCNCC2CN3)cc1. The Labute approximate surface area is 112 Å². The average Bonchev–Trinajstić information content (AvgIpc) is 2.93. The number of nitrogens with zero attached hydrogens (tertiary/aromatic N) is 2. The molecule has 19 heavy (non-hydrogen) atoms. The second kappa shape index (κ2) is 4.38. The molecule has 1 saturated heterocycles. The maximum Gasteiger partial charge on any atom is 0.125 e. The van der Waals surface area contributed by atoms with Gasteiger partial charge in [-0.05, 0) is 13.0 Å². The fourth-order valence-electron chi connectivity index (χ4n) is 3.20. The van der Waals surface area contributed by atoms with Crippen molar-refractivity contribution in [2.45, 2.75) is 12.5 Å². The summed E-state index contributed by atoms with van der Waals surface area (Å²) in [6, 6.07) is 13.1. The number of piperidine rings is 1. The molecule has 2 aliphatic rings. The summed E-state index contributed by atoms with van der Waals surface area (Å²) < 4.78 is 2.21. The standard InChI is InChI=1S/C15H18N4/c1-2-4-11(5-3-1)13-8-15-17-10-12-9-16-7-6-14(12)19(15)18-13/h1-5,8,12,14,16-17H,6-7,9-10H2. The van der Waals surface area contributed by atoms with Gasteiger partial charge in [-0.2, -0.15) is 5.10 Å². The van der Waals surface area contributed by atoms with E-state index in [-0.39, 0.29) is 0 Å². The maximum absolute atomic E-state index is 4.83. The highest BCUT2D eigenvalue weighted by Gasteiger charge is 2.32. The molecule has 0 spiro atoms. The number of benzene rings is 1. The summed E-state index contributed by atoms with van der Waals surface area (Å²) in [6.45, 7) is 3.25. The van der Waals surface area contributed by atoms with Crippen molar-refractivity contribution in [3.05, 3.63) is 36.4 Å². The van der Waals surface area contributed by atoms with E-state index in [9.17, 15) is 0 Å². The zero-order chi connectivity index (χ0) is 12.7. The van der Waals surface area contributed by atoms with Gasteiger partial charge in [-0.3, -0.25) is 0 Å². The molecular formula is C15H18N4. The van der Waals surface area contributed by atoms with E-state index < -0.39 is 0 Å². The van der Waals surface area contributed by atoms with Crippen LogP contribution in [-0.2, 0) is 0 Å². The van der Waals surface area contributed by atoms with Gasteiger partial charge < -0.3 is 10.6 Å².